The fourth-order valence-electron chi connectivity index (χ4n) is 1.82. The number of nitrogens with two attached hydrogens (primary N) is 1. The summed E-state index contributed by atoms with van der Waals surface area (Å²) in [6.45, 7) is 3.76. The number of ether oxygens (including phenoxy) is 1. The van der Waals surface area contributed by atoms with E-state index in [-0.39, 0.29) is 5.84 Å². The summed E-state index contributed by atoms with van der Waals surface area (Å²) in [5, 5.41) is 7.39. The molecule has 0 heterocycles. The molecule has 4 nitrogen and oxygen atoms in total. The normalized spacial score (nSPS) is 10.3. The molecule has 1 aromatic rings. The Morgan fingerprint density at radius 3 is 2.71 bits per heavy atom. The molecule has 0 bridgehead atoms. The Labute approximate surface area is 103 Å². The number of methoxy groups -OCH3 is 1. The molecule has 0 saturated heterocycles. The van der Waals surface area contributed by atoms with Crippen LogP contribution in [-0.2, 0) is 4.74 Å². The maximum Gasteiger partial charge on any atom is 0.122 e. The van der Waals surface area contributed by atoms with Crippen molar-refractivity contribution in [2.75, 3.05) is 32.2 Å². The van der Waals surface area contributed by atoms with Gasteiger partial charge in [-0.05, 0) is 37.1 Å². The molecule has 1 rings (SSSR count). The Morgan fingerprint density at radius 2 is 2.18 bits per heavy atom. The first-order valence-electron chi connectivity index (χ1n) is 5.71. The van der Waals surface area contributed by atoms with Crippen LogP contribution in [0.4, 0.5) is 5.69 Å². The second kappa shape index (κ2) is 6.25. The average Bonchev–Trinajstić information content (AvgIpc) is 2.28. The number of aryl methyl sites for hydroxylation is 1. The lowest BCUT2D eigenvalue weighted by atomic mass is 10.1. The third kappa shape index (κ3) is 3.75. The SMILES string of the molecule is COCCCN(C)c1ccc(C(=N)N)cc1C. The predicted molar refractivity (Wildman–Crippen MR) is 72.0 cm³/mol. The van der Waals surface area contributed by atoms with Crippen molar-refractivity contribution in [2.45, 2.75) is 13.3 Å². The zero-order chi connectivity index (χ0) is 12.8. The van der Waals surface area contributed by atoms with E-state index in [1.165, 1.54) is 5.69 Å². The highest BCUT2D eigenvalue weighted by Crippen LogP contribution is 2.20. The van der Waals surface area contributed by atoms with Crippen LogP contribution < -0.4 is 10.6 Å². The Bertz CT molecular complexity index is 390. The summed E-state index contributed by atoms with van der Waals surface area (Å²) in [7, 11) is 3.78. The van der Waals surface area contributed by atoms with Crippen LogP contribution in [-0.4, -0.2) is 33.1 Å². The van der Waals surface area contributed by atoms with Gasteiger partial charge in [0.05, 0.1) is 0 Å². The van der Waals surface area contributed by atoms with Gasteiger partial charge in [0, 0.05) is 38.6 Å². The van der Waals surface area contributed by atoms with E-state index in [0.717, 1.165) is 30.7 Å². The quantitative estimate of drug-likeness (QED) is 0.448. The van der Waals surface area contributed by atoms with Gasteiger partial charge >= 0.3 is 0 Å². The maximum absolute atomic E-state index is 7.39. The van der Waals surface area contributed by atoms with E-state index in [2.05, 4.69) is 11.9 Å². The van der Waals surface area contributed by atoms with Gasteiger partial charge in [0.1, 0.15) is 5.84 Å². The van der Waals surface area contributed by atoms with E-state index in [1.54, 1.807) is 7.11 Å². The molecule has 0 radical (unpaired) electrons. The van der Waals surface area contributed by atoms with Crippen LogP contribution in [0.25, 0.3) is 0 Å². The van der Waals surface area contributed by atoms with E-state index in [4.69, 9.17) is 15.9 Å². The second-order valence-electron chi connectivity index (χ2n) is 4.18. The minimum Gasteiger partial charge on any atom is -0.385 e. The molecule has 0 aliphatic rings. The zero-order valence-electron chi connectivity index (χ0n) is 10.8. The fraction of sp³-hybridized carbons (Fsp3) is 0.462. The van der Waals surface area contributed by atoms with Gasteiger partial charge in [0.15, 0.2) is 0 Å². The second-order valence-corrected chi connectivity index (χ2v) is 4.18. The van der Waals surface area contributed by atoms with E-state index >= 15 is 0 Å². The number of amidine groups is 1. The molecule has 0 aliphatic heterocycles. The van der Waals surface area contributed by atoms with Gasteiger partial charge in [-0.25, -0.2) is 0 Å². The van der Waals surface area contributed by atoms with Gasteiger partial charge < -0.3 is 15.4 Å². The zero-order valence-corrected chi connectivity index (χ0v) is 10.8. The number of hydrogen-bond acceptors (Lipinski definition) is 3. The summed E-state index contributed by atoms with van der Waals surface area (Å²) in [5.74, 6) is 0.113. The molecule has 0 aliphatic carbocycles. The predicted octanol–water partition coefficient (Wildman–Crippen LogP) is 1.75. The highest BCUT2D eigenvalue weighted by molar-refractivity contribution is 5.95. The Balaban J connectivity index is 2.74. The van der Waals surface area contributed by atoms with Crippen molar-refractivity contribution in [1.82, 2.24) is 0 Å². The number of hydrogen-bond donors (Lipinski definition) is 2. The third-order valence-electron chi connectivity index (χ3n) is 2.76. The molecular weight excluding hydrogens is 214 g/mol. The molecule has 0 unspecified atom stereocenters. The summed E-state index contributed by atoms with van der Waals surface area (Å²) >= 11 is 0. The lowest BCUT2D eigenvalue weighted by molar-refractivity contribution is 0.196. The van der Waals surface area contributed by atoms with Gasteiger partial charge in [0.2, 0.25) is 0 Å². The van der Waals surface area contributed by atoms with Crippen molar-refractivity contribution in [3.8, 4) is 0 Å². The monoisotopic (exact) mass is 235 g/mol. The Hall–Kier alpha value is -1.55. The number of nitrogen functional groups attached to an aromatic ring is 1. The van der Waals surface area contributed by atoms with Crippen LogP contribution >= 0.6 is 0 Å². The number of benzene rings is 1. The molecular formula is C13H21N3O. The standard InChI is InChI=1S/C13H21N3O/c1-10-9-11(13(14)15)5-6-12(10)16(2)7-4-8-17-3/h5-6,9H,4,7-8H2,1-3H3,(H3,14,15). The summed E-state index contributed by atoms with van der Waals surface area (Å²) in [6.07, 6.45) is 1.00. The van der Waals surface area contributed by atoms with Crippen molar-refractivity contribution in [1.29, 1.82) is 5.41 Å². The Morgan fingerprint density at radius 1 is 1.47 bits per heavy atom. The number of nitrogens with one attached hydrogen (secondary N) is 1. The fourth-order valence-corrected chi connectivity index (χ4v) is 1.82. The van der Waals surface area contributed by atoms with Gasteiger partial charge in [-0.2, -0.15) is 0 Å². The number of anilines is 1. The molecule has 0 saturated carbocycles. The van der Waals surface area contributed by atoms with E-state index < -0.39 is 0 Å². The summed E-state index contributed by atoms with van der Waals surface area (Å²) in [5.41, 5.74) is 8.54. The first kappa shape index (κ1) is 13.5. The Kier molecular flexibility index (Phi) is 4.97. The molecule has 0 aromatic heterocycles. The van der Waals surface area contributed by atoms with Gasteiger partial charge in [-0.3, -0.25) is 5.41 Å². The average molecular weight is 235 g/mol. The molecule has 0 atom stereocenters. The molecule has 0 amide bonds. The maximum atomic E-state index is 7.39. The van der Waals surface area contributed by atoms with E-state index in [0.29, 0.717) is 0 Å². The summed E-state index contributed by atoms with van der Waals surface area (Å²) in [6, 6.07) is 5.85. The lowest BCUT2D eigenvalue weighted by Crippen LogP contribution is -2.21. The molecule has 0 spiro atoms. The lowest BCUT2D eigenvalue weighted by Gasteiger charge is -2.21. The van der Waals surface area contributed by atoms with Crippen molar-refractivity contribution in [2.24, 2.45) is 5.73 Å². The van der Waals surface area contributed by atoms with Crippen molar-refractivity contribution < 1.29 is 4.74 Å². The van der Waals surface area contributed by atoms with Crippen LogP contribution in [0.3, 0.4) is 0 Å². The molecule has 4 heteroatoms. The molecule has 3 N–H and O–H groups in total. The van der Waals surface area contributed by atoms with Crippen LogP contribution in [0, 0.1) is 12.3 Å². The van der Waals surface area contributed by atoms with Crippen molar-refractivity contribution in [3.05, 3.63) is 29.3 Å². The summed E-state index contributed by atoms with van der Waals surface area (Å²) < 4.78 is 5.04. The summed E-state index contributed by atoms with van der Waals surface area (Å²) in [4.78, 5) is 2.19. The molecule has 17 heavy (non-hydrogen) atoms. The highest BCUT2D eigenvalue weighted by atomic mass is 16.5. The first-order chi connectivity index (χ1) is 8.06. The number of nitrogens with zero attached hydrogens (tertiary/aromatic N) is 1. The molecule has 0 fully saturated rings. The highest BCUT2D eigenvalue weighted by Gasteiger charge is 2.06. The molecule has 94 valence electrons. The molecule has 1 aromatic carbocycles. The van der Waals surface area contributed by atoms with Crippen LogP contribution in [0.1, 0.15) is 17.5 Å². The number of rotatable bonds is 6. The smallest absolute Gasteiger partial charge is 0.122 e. The topological polar surface area (TPSA) is 62.3 Å². The van der Waals surface area contributed by atoms with Gasteiger partial charge in [-0.15, -0.1) is 0 Å². The van der Waals surface area contributed by atoms with Crippen LogP contribution in [0.15, 0.2) is 18.2 Å². The van der Waals surface area contributed by atoms with Crippen LogP contribution in [0.5, 0.6) is 0 Å². The van der Waals surface area contributed by atoms with Gasteiger partial charge in [0.25, 0.3) is 0 Å². The largest absolute Gasteiger partial charge is 0.385 e. The van der Waals surface area contributed by atoms with Crippen molar-refractivity contribution >= 4 is 11.5 Å². The minimum absolute atomic E-state index is 0.113. The first-order valence-corrected chi connectivity index (χ1v) is 5.71. The minimum atomic E-state index is 0.113. The van der Waals surface area contributed by atoms with Crippen molar-refractivity contribution in [3.63, 3.8) is 0 Å². The van der Waals surface area contributed by atoms with E-state index in [1.807, 2.05) is 25.1 Å². The van der Waals surface area contributed by atoms with E-state index in [9.17, 15) is 0 Å². The van der Waals surface area contributed by atoms with Gasteiger partial charge in [-0.1, -0.05) is 0 Å². The van der Waals surface area contributed by atoms with Crippen LogP contribution in [0.2, 0.25) is 0 Å². The third-order valence-corrected chi connectivity index (χ3v) is 2.76.